The van der Waals surface area contributed by atoms with Crippen molar-refractivity contribution in [2.45, 2.75) is 44.9 Å². The fraction of sp³-hybridized carbons (Fsp3) is 0.750. The van der Waals surface area contributed by atoms with Gasteiger partial charge in [-0.1, -0.05) is 91.0 Å². The number of azide groups is 6. The highest BCUT2D eigenvalue weighted by atomic mass is 79.9. The van der Waals surface area contributed by atoms with E-state index in [-0.39, 0.29) is 53.7 Å². The van der Waals surface area contributed by atoms with Crippen LogP contribution in [0.15, 0.2) is 59.8 Å². The first-order valence-electron chi connectivity index (χ1n) is 14.4. The zero-order valence-corrected chi connectivity index (χ0v) is 31.7. The molecule has 0 amide bonds. The first kappa shape index (κ1) is 66.3. The number of rotatable bonds is 17. The van der Waals surface area contributed by atoms with E-state index in [0.29, 0.717) is 18.4 Å². The first-order chi connectivity index (χ1) is 24.5. The van der Waals surface area contributed by atoms with Gasteiger partial charge in [-0.3, -0.25) is 17.4 Å². The summed E-state index contributed by atoms with van der Waals surface area (Å²) in [7, 11) is -3.74. The van der Waals surface area contributed by atoms with Gasteiger partial charge in [-0.05, 0) is 58.7 Å². The minimum atomic E-state index is -3.74. The Bertz CT molecular complexity index is 1240. The summed E-state index contributed by atoms with van der Waals surface area (Å²) in [6.45, 7) is 5.40. The second-order valence-electron chi connectivity index (χ2n) is 7.65. The number of hydrogen-bond donors (Lipinski definition) is 1. The lowest BCUT2D eigenvalue weighted by molar-refractivity contribution is -0.00100. The zero-order valence-electron chi connectivity index (χ0n) is 29.3. The molecule has 0 aromatic heterocycles. The molecule has 0 heterocycles. The Morgan fingerprint density at radius 1 is 0.660 bits per heavy atom. The molecule has 0 unspecified atom stereocenters. The van der Waals surface area contributed by atoms with Crippen LogP contribution in [0.25, 0.3) is 62.7 Å². The highest BCUT2D eigenvalue weighted by Crippen LogP contribution is 2.12. The van der Waals surface area contributed by atoms with E-state index in [1.165, 1.54) is 12.1 Å². The van der Waals surface area contributed by atoms with E-state index < -0.39 is 30.1 Å². The predicted octanol–water partition coefficient (Wildman–Crippen LogP) is 3.99. The second kappa shape index (κ2) is 65.5. The van der Waals surface area contributed by atoms with Gasteiger partial charge in [-0.25, -0.2) is 0 Å². The molecule has 0 aliphatic heterocycles. The Morgan fingerprint density at radius 3 is 1.26 bits per heavy atom. The van der Waals surface area contributed by atoms with E-state index in [9.17, 15) is 21.6 Å². The van der Waals surface area contributed by atoms with Crippen LogP contribution in [-0.4, -0.2) is 91.4 Å². The van der Waals surface area contributed by atoms with E-state index in [1.54, 1.807) is 12.1 Å². The van der Waals surface area contributed by atoms with Crippen LogP contribution >= 0.6 is 15.9 Å². The van der Waals surface area contributed by atoms with E-state index in [2.05, 4.69) is 87.2 Å². The van der Waals surface area contributed by atoms with Gasteiger partial charge in [0.2, 0.25) is 0 Å². The third-order valence-electron chi connectivity index (χ3n) is 3.69. The van der Waals surface area contributed by atoms with Crippen LogP contribution in [0.3, 0.4) is 0 Å². The summed E-state index contributed by atoms with van der Waals surface area (Å²) < 4.78 is 60.5. The maximum atomic E-state index is 11.5. The molecule has 0 aliphatic rings. The molecule has 1 aromatic rings. The number of aliphatic hydroxyl groups is 1. The van der Waals surface area contributed by atoms with Gasteiger partial charge in [-0.15, -0.1) is 0 Å². The molecular weight excluding hydrogens is 806 g/mol. The van der Waals surface area contributed by atoms with Gasteiger partial charge < -0.3 is 14.5 Å². The minimum Gasteiger partial charge on any atom is -1.00 e. The molecule has 0 saturated carbocycles. The van der Waals surface area contributed by atoms with Crippen molar-refractivity contribution in [2.24, 2.45) is 30.7 Å². The molecule has 22 nitrogen and oxygen atoms in total. The zero-order chi connectivity index (χ0) is 40.3. The molecule has 0 saturated heterocycles. The fourth-order valence-corrected chi connectivity index (χ4v) is 2.57. The lowest BCUT2D eigenvalue weighted by Crippen LogP contribution is -3.00. The van der Waals surface area contributed by atoms with Gasteiger partial charge in [0.15, 0.2) is 0 Å². The average Bonchev–Trinajstić information content (AvgIpc) is 3.15. The summed E-state index contributed by atoms with van der Waals surface area (Å²) in [5, 5.41) is 27.0. The van der Waals surface area contributed by atoms with Crippen LogP contribution in [0, 0.1) is 6.92 Å². The number of hydrogen-bond acceptors (Lipinski definition) is 10. The van der Waals surface area contributed by atoms with Crippen molar-refractivity contribution in [3.8, 4) is 0 Å². The summed E-state index contributed by atoms with van der Waals surface area (Å²) in [5.41, 5.74) is 46.8. The average molecular weight is 851 g/mol. The van der Waals surface area contributed by atoms with Crippen molar-refractivity contribution < 1.29 is 40.3 Å². The number of aryl methyl sites for hydroxylation is 1. The monoisotopic (exact) mass is 849 g/mol. The van der Waals surface area contributed by atoms with E-state index in [1.807, 2.05) is 13.8 Å². The molecule has 53 heavy (non-hydrogen) atoms. The topological polar surface area (TPSA) is 356 Å². The van der Waals surface area contributed by atoms with Crippen LogP contribution in [0.2, 0.25) is 0 Å². The molecule has 0 spiro atoms. The highest BCUT2D eigenvalue weighted by molar-refractivity contribution is 9.09. The summed E-state index contributed by atoms with van der Waals surface area (Å²) in [4.78, 5) is 14.7. The Labute approximate surface area is 311 Å². The predicted molar refractivity (Wildman–Crippen MR) is 192 cm³/mol. The van der Waals surface area contributed by atoms with Crippen LogP contribution in [0.5, 0.6) is 0 Å². The van der Waals surface area contributed by atoms with Crippen LogP contribution in [-0.2, 0) is 14.3 Å². The smallest absolute Gasteiger partial charge is 0.296 e. The maximum Gasteiger partial charge on any atom is 0.296 e. The van der Waals surface area contributed by atoms with Crippen molar-refractivity contribution >= 4 is 26.0 Å². The van der Waals surface area contributed by atoms with Crippen molar-refractivity contribution in [2.75, 3.05) is 77.8 Å². The number of unbranched alkanes of at least 4 members (excludes halogenated alkanes) is 1. The minimum absolute atomic E-state index is 0. The molecule has 0 atom stereocenters. The third-order valence-corrected chi connectivity index (χ3v) is 5.37. The summed E-state index contributed by atoms with van der Waals surface area (Å²) in [5.74, 6) is 0. The Hall–Kier alpha value is -4.92. The normalized spacial score (nSPS) is 7.92. The van der Waals surface area contributed by atoms with Crippen LogP contribution in [0.4, 0.5) is 13.2 Å². The Kier molecular flexibility index (Phi) is 81.9. The standard InChI is InChI=1S/C9H11N3O3S.C4H9N3.C3H7N3.C2H5BrO.3C2H4FN3.2FH/c1-8-2-4-9(5-3-8)16(13,14)15-7-6-11-12-10;1-2-3-4-6-7-5;1-2-3-5-6-4;3-1-2-4;3*3-1-2-5-6-4;;/h2-5H,6-7H2,1H3;2-4H2,1H3;2-3H2,1H3;4H,1-2H2;3*1-2H2;2*1H/p-2/i;;;;3*3-1;2*1-1. The van der Waals surface area contributed by atoms with E-state index in [4.69, 9.17) is 38.3 Å². The van der Waals surface area contributed by atoms with E-state index in [0.717, 1.165) is 24.8 Å². The molecule has 0 radical (unpaired) electrons. The van der Waals surface area contributed by atoms with Crippen molar-refractivity contribution in [1.29, 1.82) is 0 Å². The first-order valence-corrected chi connectivity index (χ1v) is 16.9. The van der Waals surface area contributed by atoms with Crippen LogP contribution < -0.4 is 9.41 Å². The third kappa shape index (κ3) is 77.7. The lowest BCUT2D eigenvalue weighted by Gasteiger charge is -2.04. The number of halogens is 6. The molecule has 0 aliphatic carbocycles. The number of alkyl halides is 4. The van der Waals surface area contributed by atoms with Crippen LogP contribution in [0.1, 0.15) is 38.7 Å². The lowest BCUT2D eigenvalue weighted by atomic mass is 10.2. The van der Waals surface area contributed by atoms with Gasteiger partial charge in [0.05, 0.1) is 64.3 Å². The highest BCUT2D eigenvalue weighted by Gasteiger charge is 2.13. The Morgan fingerprint density at radius 2 is 1.00 bits per heavy atom. The molecule has 304 valence electrons. The summed E-state index contributed by atoms with van der Waals surface area (Å²) in [6, 6.07) is 6.31. The molecule has 1 N–H and O–H groups in total. The van der Waals surface area contributed by atoms with Crippen molar-refractivity contribution in [1.82, 2.24) is 0 Å². The molecule has 0 fully saturated rings. The second-order valence-corrected chi connectivity index (χ2v) is 10.1. The van der Waals surface area contributed by atoms with Gasteiger partial charge in [0.25, 0.3) is 10.1 Å². The molecule has 29 heteroatoms. The van der Waals surface area contributed by atoms with E-state index >= 15 is 0 Å². The van der Waals surface area contributed by atoms with Gasteiger partial charge in [-0.2, -0.15) is 8.42 Å². The molecule has 1 aromatic carbocycles. The molecule has 0 bridgehead atoms. The SMILES string of the molecule is CCCCN=[N+]=[N-].CCCN=[N+]=[N-].Cc1ccc(S(=O)(=O)OCCN=[N+]=[N-])cc1.OCCBr.[18F-].[18F-].[N-]=[N+]=NCC[18F].[N-]=[N+]=NCC[18F].[N-]=[N+]=NCC[18F]. The van der Waals surface area contributed by atoms with Gasteiger partial charge in [0.1, 0.15) is 0 Å². The number of nitrogens with zero attached hydrogens (tertiary/aromatic N) is 18. The maximum absolute atomic E-state index is 11.5. The molecular formula is C24H44BrF5N18O4S-2. The summed E-state index contributed by atoms with van der Waals surface area (Å²) in [6.07, 6.45) is 3.03. The number of benzene rings is 1. The fourth-order valence-electron chi connectivity index (χ4n) is 1.67. The van der Waals surface area contributed by atoms with Crippen molar-refractivity contribution in [3.63, 3.8) is 0 Å². The van der Waals surface area contributed by atoms with Gasteiger partial charge in [0, 0.05) is 47.9 Å². The van der Waals surface area contributed by atoms with Crippen molar-refractivity contribution in [3.05, 3.63) is 92.5 Å². The number of aliphatic hydroxyl groups excluding tert-OH is 1. The molecule has 1 rings (SSSR count). The summed E-state index contributed by atoms with van der Waals surface area (Å²) >= 11 is 3.00. The quantitative estimate of drug-likeness (QED) is 0.0462. The van der Waals surface area contributed by atoms with Gasteiger partial charge >= 0.3 is 0 Å². The Balaban J connectivity index is -0.0000000787. The largest absolute Gasteiger partial charge is 1.00 e.